The second-order valence-corrected chi connectivity index (χ2v) is 4.61. The third-order valence-electron chi connectivity index (χ3n) is 3.49. The molecule has 1 amide bonds. The molecule has 0 unspecified atom stereocenters. The van der Waals surface area contributed by atoms with Crippen LogP contribution in [0, 0.1) is 11.8 Å². The molecule has 96 valence electrons. The summed E-state index contributed by atoms with van der Waals surface area (Å²) in [5.41, 5.74) is 0. The Bertz CT molecular complexity index is 313. The molecular weight excluding hydrogens is 226 g/mol. The van der Waals surface area contributed by atoms with Crippen molar-refractivity contribution in [3.8, 4) is 0 Å². The standard InChI is InChI=1S/C11H17NO5/c13-7-5-8(9(6-7)11(15)16)10(14)12-1-3-17-4-2-12/h7-9,13H,1-6H2,(H,15,16)/t7-,8-,9-/m1/s1. The van der Waals surface area contributed by atoms with Crippen molar-refractivity contribution in [3.05, 3.63) is 0 Å². The number of carboxylic acid groups (broad SMARTS) is 1. The Morgan fingerprint density at radius 1 is 1.12 bits per heavy atom. The van der Waals surface area contributed by atoms with Crippen molar-refractivity contribution in [2.24, 2.45) is 11.8 Å². The van der Waals surface area contributed by atoms with Crippen LogP contribution in [-0.2, 0) is 14.3 Å². The van der Waals surface area contributed by atoms with Crippen molar-refractivity contribution in [2.45, 2.75) is 18.9 Å². The van der Waals surface area contributed by atoms with E-state index in [4.69, 9.17) is 9.84 Å². The highest BCUT2D eigenvalue weighted by Gasteiger charge is 2.43. The number of ether oxygens (including phenoxy) is 1. The topological polar surface area (TPSA) is 87.1 Å². The Morgan fingerprint density at radius 2 is 1.71 bits per heavy atom. The van der Waals surface area contributed by atoms with Crippen LogP contribution in [0.25, 0.3) is 0 Å². The SMILES string of the molecule is O=C(O)[C@@H]1C[C@H](O)C[C@H]1C(=O)N1CCOCC1. The van der Waals surface area contributed by atoms with Crippen LogP contribution in [0.2, 0.25) is 0 Å². The number of carbonyl (C=O) groups is 2. The number of carboxylic acids is 1. The first-order valence-corrected chi connectivity index (χ1v) is 5.87. The molecule has 1 saturated carbocycles. The van der Waals surface area contributed by atoms with E-state index in [2.05, 4.69) is 0 Å². The van der Waals surface area contributed by atoms with E-state index < -0.39 is 23.9 Å². The zero-order chi connectivity index (χ0) is 12.4. The van der Waals surface area contributed by atoms with Gasteiger partial charge < -0.3 is 19.8 Å². The summed E-state index contributed by atoms with van der Waals surface area (Å²) >= 11 is 0. The molecule has 0 bridgehead atoms. The van der Waals surface area contributed by atoms with E-state index in [1.807, 2.05) is 0 Å². The van der Waals surface area contributed by atoms with Crippen molar-refractivity contribution in [1.82, 2.24) is 4.90 Å². The summed E-state index contributed by atoms with van der Waals surface area (Å²) in [6.07, 6.45) is -0.241. The van der Waals surface area contributed by atoms with Gasteiger partial charge >= 0.3 is 5.97 Å². The fourth-order valence-corrected chi connectivity index (χ4v) is 2.58. The van der Waals surface area contributed by atoms with Crippen LogP contribution in [0.1, 0.15) is 12.8 Å². The molecule has 3 atom stereocenters. The van der Waals surface area contributed by atoms with Crippen LogP contribution < -0.4 is 0 Å². The van der Waals surface area contributed by atoms with Crippen molar-refractivity contribution in [2.75, 3.05) is 26.3 Å². The Labute approximate surface area is 99.2 Å². The fraction of sp³-hybridized carbons (Fsp3) is 0.818. The van der Waals surface area contributed by atoms with Gasteiger partial charge in [-0.3, -0.25) is 9.59 Å². The van der Waals surface area contributed by atoms with Gasteiger partial charge in [-0.05, 0) is 12.8 Å². The number of amides is 1. The molecule has 0 aromatic rings. The summed E-state index contributed by atoms with van der Waals surface area (Å²) in [5.74, 6) is -2.48. The van der Waals surface area contributed by atoms with Crippen LogP contribution in [0.15, 0.2) is 0 Å². The summed E-state index contributed by atoms with van der Waals surface area (Å²) < 4.78 is 5.15. The average molecular weight is 243 g/mol. The maximum atomic E-state index is 12.2. The summed E-state index contributed by atoms with van der Waals surface area (Å²) in [5, 5.41) is 18.5. The van der Waals surface area contributed by atoms with E-state index in [-0.39, 0.29) is 18.7 Å². The lowest BCUT2D eigenvalue weighted by Crippen LogP contribution is -2.45. The predicted molar refractivity (Wildman–Crippen MR) is 57.3 cm³/mol. The van der Waals surface area contributed by atoms with E-state index in [0.717, 1.165) is 0 Å². The number of morpholine rings is 1. The second kappa shape index (κ2) is 5.01. The Balaban J connectivity index is 2.04. The molecule has 6 heteroatoms. The quantitative estimate of drug-likeness (QED) is 0.671. The molecule has 0 aromatic carbocycles. The van der Waals surface area contributed by atoms with Gasteiger partial charge in [0.1, 0.15) is 0 Å². The lowest BCUT2D eigenvalue weighted by molar-refractivity contribution is -0.150. The van der Waals surface area contributed by atoms with Gasteiger partial charge in [0.2, 0.25) is 5.91 Å². The molecule has 2 fully saturated rings. The van der Waals surface area contributed by atoms with E-state index in [1.54, 1.807) is 4.90 Å². The summed E-state index contributed by atoms with van der Waals surface area (Å²) in [7, 11) is 0. The smallest absolute Gasteiger partial charge is 0.307 e. The summed E-state index contributed by atoms with van der Waals surface area (Å²) in [6, 6.07) is 0. The van der Waals surface area contributed by atoms with Crippen molar-refractivity contribution in [1.29, 1.82) is 0 Å². The Hall–Kier alpha value is -1.14. The van der Waals surface area contributed by atoms with Crippen LogP contribution in [0.3, 0.4) is 0 Å². The maximum absolute atomic E-state index is 12.2. The molecule has 2 N–H and O–H groups in total. The number of aliphatic carboxylic acids is 1. The van der Waals surface area contributed by atoms with E-state index in [0.29, 0.717) is 26.3 Å². The predicted octanol–water partition coefficient (Wildman–Crippen LogP) is -0.683. The van der Waals surface area contributed by atoms with Gasteiger partial charge in [0, 0.05) is 13.1 Å². The lowest BCUT2D eigenvalue weighted by atomic mass is 9.94. The number of aliphatic hydroxyl groups is 1. The summed E-state index contributed by atoms with van der Waals surface area (Å²) in [6.45, 7) is 2.02. The minimum absolute atomic E-state index is 0.155. The molecule has 1 aliphatic heterocycles. The third kappa shape index (κ3) is 2.58. The minimum atomic E-state index is -0.992. The van der Waals surface area contributed by atoms with E-state index in [1.165, 1.54) is 0 Å². The third-order valence-corrected chi connectivity index (χ3v) is 3.49. The molecule has 0 spiro atoms. The Morgan fingerprint density at radius 3 is 2.29 bits per heavy atom. The molecule has 0 aromatic heterocycles. The number of hydrogen-bond donors (Lipinski definition) is 2. The highest BCUT2D eigenvalue weighted by molar-refractivity contribution is 5.85. The minimum Gasteiger partial charge on any atom is -0.481 e. The lowest BCUT2D eigenvalue weighted by Gasteiger charge is -2.30. The Kier molecular flexibility index (Phi) is 3.63. The molecule has 1 heterocycles. The number of rotatable bonds is 2. The molecule has 1 saturated heterocycles. The number of nitrogens with zero attached hydrogens (tertiary/aromatic N) is 1. The van der Waals surface area contributed by atoms with Crippen LogP contribution >= 0.6 is 0 Å². The number of aliphatic hydroxyl groups excluding tert-OH is 1. The molecule has 17 heavy (non-hydrogen) atoms. The van der Waals surface area contributed by atoms with Gasteiger partial charge in [-0.1, -0.05) is 0 Å². The van der Waals surface area contributed by atoms with Crippen molar-refractivity contribution >= 4 is 11.9 Å². The molecule has 6 nitrogen and oxygen atoms in total. The molecular formula is C11H17NO5. The van der Waals surface area contributed by atoms with Gasteiger partial charge in [0.05, 0.1) is 31.2 Å². The van der Waals surface area contributed by atoms with E-state index in [9.17, 15) is 14.7 Å². The van der Waals surface area contributed by atoms with Crippen molar-refractivity contribution < 1.29 is 24.5 Å². The van der Waals surface area contributed by atoms with Gasteiger partial charge in [0.25, 0.3) is 0 Å². The van der Waals surface area contributed by atoms with Crippen LogP contribution in [-0.4, -0.2) is 59.4 Å². The number of hydrogen-bond acceptors (Lipinski definition) is 4. The fourth-order valence-electron chi connectivity index (χ4n) is 2.58. The molecule has 0 radical (unpaired) electrons. The first kappa shape index (κ1) is 12.3. The molecule has 1 aliphatic carbocycles. The highest BCUT2D eigenvalue weighted by atomic mass is 16.5. The first-order chi connectivity index (χ1) is 8.09. The first-order valence-electron chi connectivity index (χ1n) is 5.87. The molecule has 2 rings (SSSR count). The zero-order valence-electron chi connectivity index (χ0n) is 9.54. The maximum Gasteiger partial charge on any atom is 0.307 e. The van der Waals surface area contributed by atoms with Gasteiger partial charge in [-0.15, -0.1) is 0 Å². The van der Waals surface area contributed by atoms with Crippen LogP contribution in [0.5, 0.6) is 0 Å². The summed E-state index contributed by atoms with van der Waals surface area (Å²) in [4.78, 5) is 24.8. The van der Waals surface area contributed by atoms with Gasteiger partial charge in [0.15, 0.2) is 0 Å². The number of carbonyl (C=O) groups excluding carboxylic acids is 1. The van der Waals surface area contributed by atoms with Gasteiger partial charge in [-0.2, -0.15) is 0 Å². The normalized spacial score (nSPS) is 33.7. The van der Waals surface area contributed by atoms with E-state index >= 15 is 0 Å². The van der Waals surface area contributed by atoms with Gasteiger partial charge in [-0.25, -0.2) is 0 Å². The largest absolute Gasteiger partial charge is 0.481 e. The monoisotopic (exact) mass is 243 g/mol. The van der Waals surface area contributed by atoms with Crippen molar-refractivity contribution in [3.63, 3.8) is 0 Å². The van der Waals surface area contributed by atoms with Crippen LogP contribution in [0.4, 0.5) is 0 Å². The molecule has 2 aliphatic rings. The zero-order valence-corrected chi connectivity index (χ0v) is 9.54. The highest BCUT2D eigenvalue weighted by Crippen LogP contribution is 2.33. The second-order valence-electron chi connectivity index (χ2n) is 4.61. The average Bonchev–Trinajstić information content (AvgIpc) is 2.72.